The molecule has 2 bridgehead atoms. The van der Waals surface area contributed by atoms with E-state index in [4.69, 9.17) is 0 Å². The first-order valence-electron chi connectivity index (χ1n) is 19.9. The van der Waals surface area contributed by atoms with Crippen LogP contribution in [0.4, 0.5) is 0 Å². The molecule has 5 atom stereocenters. The number of benzene rings is 4. The quantitative estimate of drug-likeness (QED) is 0.115. The number of thiophene rings is 1. The van der Waals surface area contributed by atoms with E-state index in [1.165, 1.54) is 16.9 Å². The lowest BCUT2D eigenvalue weighted by atomic mass is 9.64. The minimum absolute atomic E-state index is 0.0126. The molecular weight excluding hydrogens is 687 g/mol. The Morgan fingerprint density at radius 3 is 2.31 bits per heavy atom. The molecule has 5 nitrogen and oxygen atoms in total. The first kappa shape index (κ1) is 37.0. The summed E-state index contributed by atoms with van der Waals surface area (Å²) in [7, 11) is 0. The van der Waals surface area contributed by atoms with Gasteiger partial charge in [-0.2, -0.15) is 0 Å². The number of nitrogens with zero attached hydrogens (tertiary/aromatic N) is 1. The number of fused-ring (bicyclic) bond motifs is 9. The summed E-state index contributed by atoms with van der Waals surface area (Å²) in [6, 6.07) is 36.2. The van der Waals surface area contributed by atoms with Crippen LogP contribution in [0.2, 0.25) is 0 Å². The van der Waals surface area contributed by atoms with E-state index in [0.717, 1.165) is 77.4 Å². The molecule has 0 unspecified atom stereocenters. The summed E-state index contributed by atoms with van der Waals surface area (Å²) in [5, 5.41) is 38.3. The van der Waals surface area contributed by atoms with Crippen molar-refractivity contribution in [3.8, 4) is 0 Å². The third kappa shape index (κ3) is 6.71. The van der Waals surface area contributed by atoms with E-state index in [0.29, 0.717) is 36.2 Å². The summed E-state index contributed by atoms with van der Waals surface area (Å²) < 4.78 is 1.09. The average molecular weight is 740 g/mol. The van der Waals surface area contributed by atoms with Crippen molar-refractivity contribution in [3.63, 3.8) is 0 Å². The molecule has 1 aliphatic heterocycles. The second-order valence-corrected chi connectivity index (χ2v) is 17.6. The number of ketones is 1. The van der Waals surface area contributed by atoms with Crippen molar-refractivity contribution in [2.75, 3.05) is 13.1 Å². The fourth-order valence-corrected chi connectivity index (χ4v) is 11.2. The molecule has 3 N–H and O–H groups in total. The molecule has 9 rings (SSSR count). The number of rotatable bonds is 7. The number of carbonyl (C=O) groups excluding carboxylic acids is 1. The molecule has 2 fully saturated rings. The van der Waals surface area contributed by atoms with E-state index in [1.54, 1.807) is 0 Å². The lowest BCUT2D eigenvalue weighted by molar-refractivity contribution is -0.101. The van der Waals surface area contributed by atoms with Crippen LogP contribution < -0.4 is 0 Å². The fraction of sp³-hybridized carbons (Fsp3) is 0.396. The normalized spacial score (nSPS) is 26.8. The molecule has 2 heterocycles. The Morgan fingerprint density at radius 2 is 1.59 bits per heavy atom. The zero-order chi connectivity index (χ0) is 37.5. The largest absolute Gasteiger partial charge is 0.393 e. The molecule has 0 spiro atoms. The molecule has 54 heavy (non-hydrogen) atoms. The van der Waals surface area contributed by atoms with Crippen LogP contribution >= 0.6 is 11.3 Å². The molecule has 3 aliphatic carbocycles. The van der Waals surface area contributed by atoms with Crippen molar-refractivity contribution in [3.05, 3.63) is 154 Å². The topological polar surface area (TPSA) is 81.0 Å². The van der Waals surface area contributed by atoms with Crippen LogP contribution in [0, 0.1) is 5.41 Å². The van der Waals surface area contributed by atoms with E-state index in [1.807, 2.05) is 84.9 Å². The SMILES string of the molecule is CC1=CCC[C@@]2(C)[C@@H](CC[C@@]2(O)CN2CCC[C@@H]2C(O)(c2ccccc2)c2ccccc2)c2ccc(cc2C(=O)c2cc3ccccc3s2)C[C@@H](O)CC1. The minimum Gasteiger partial charge on any atom is -0.393 e. The molecule has 4 aliphatic rings. The smallest absolute Gasteiger partial charge is 0.203 e. The highest BCUT2D eigenvalue weighted by Gasteiger charge is 2.59. The highest BCUT2D eigenvalue weighted by molar-refractivity contribution is 7.21. The maximum atomic E-state index is 14.7. The lowest BCUT2D eigenvalue weighted by Crippen LogP contribution is -2.57. The van der Waals surface area contributed by atoms with Crippen LogP contribution in [0.15, 0.2) is 121 Å². The number of allylic oxidation sites excluding steroid dienone is 2. The summed E-state index contributed by atoms with van der Waals surface area (Å²) in [6.07, 6.45) is 8.45. The van der Waals surface area contributed by atoms with Crippen LogP contribution in [0.5, 0.6) is 0 Å². The van der Waals surface area contributed by atoms with E-state index >= 15 is 0 Å². The summed E-state index contributed by atoms with van der Waals surface area (Å²) in [6.45, 7) is 5.65. The Labute approximate surface area is 324 Å². The van der Waals surface area contributed by atoms with Gasteiger partial charge in [0.2, 0.25) is 5.78 Å². The number of aliphatic hydroxyl groups is 3. The lowest BCUT2D eigenvalue weighted by Gasteiger charge is -2.48. The van der Waals surface area contributed by atoms with E-state index in [2.05, 4.69) is 49.1 Å². The third-order valence-corrected chi connectivity index (χ3v) is 14.4. The van der Waals surface area contributed by atoms with Gasteiger partial charge in [0.1, 0.15) is 5.60 Å². The molecular formula is C48H53NO4S. The van der Waals surface area contributed by atoms with Gasteiger partial charge < -0.3 is 15.3 Å². The van der Waals surface area contributed by atoms with E-state index in [9.17, 15) is 20.1 Å². The van der Waals surface area contributed by atoms with Gasteiger partial charge in [0.25, 0.3) is 0 Å². The van der Waals surface area contributed by atoms with Crippen molar-refractivity contribution >= 4 is 27.2 Å². The molecule has 0 amide bonds. The van der Waals surface area contributed by atoms with Crippen LogP contribution in [-0.4, -0.2) is 56.8 Å². The Balaban J connectivity index is 1.20. The third-order valence-electron chi connectivity index (χ3n) is 13.3. The van der Waals surface area contributed by atoms with Crippen molar-refractivity contribution < 1.29 is 20.1 Å². The number of carbonyl (C=O) groups is 1. The number of hydrogen-bond donors (Lipinski definition) is 3. The number of likely N-dealkylation sites (tertiary alicyclic amines) is 1. The minimum atomic E-state index is -1.25. The summed E-state index contributed by atoms with van der Waals surface area (Å²) in [5.74, 6) is -0.0480. The van der Waals surface area contributed by atoms with Crippen molar-refractivity contribution in [1.29, 1.82) is 0 Å². The van der Waals surface area contributed by atoms with Crippen molar-refractivity contribution in [2.45, 2.75) is 101 Å². The Hall–Kier alpha value is -3.91. The first-order chi connectivity index (χ1) is 26.1. The van der Waals surface area contributed by atoms with Gasteiger partial charge in [0.15, 0.2) is 0 Å². The Bertz CT molecular complexity index is 2070. The summed E-state index contributed by atoms with van der Waals surface area (Å²) >= 11 is 1.53. The zero-order valence-corrected chi connectivity index (χ0v) is 32.4. The number of hydrogen-bond acceptors (Lipinski definition) is 6. The molecule has 6 heteroatoms. The van der Waals surface area contributed by atoms with Crippen LogP contribution in [0.25, 0.3) is 10.1 Å². The summed E-state index contributed by atoms with van der Waals surface area (Å²) in [5.41, 5.74) is 2.76. The van der Waals surface area contributed by atoms with Gasteiger partial charge in [-0.15, -0.1) is 11.3 Å². The van der Waals surface area contributed by atoms with E-state index in [-0.39, 0.29) is 17.7 Å². The molecule has 280 valence electrons. The van der Waals surface area contributed by atoms with Gasteiger partial charge in [-0.05, 0) is 123 Å². The van der Waals surface area contributed by atoms with Gasteiger partial charge in [0, 0.05) is 28.3 Å². The van der Waals surface area contributed by atoms with Gasteiger partial charge in [-0.3, -0.25) is 9.69 Å². The van der Waals surface area contributed by atoms with Gasteiger partial charge in [-0.1, -0.05) is 110 Å². The highest BCUT2D eigenvalue weighted by atomic mass is 32.1. The van der Waals surface area contributed by atoms with Gasteiger partial charge in [0.05, 0.1) is 16.6 Å². The van der Waals surface area contributed by atoms with Crippen molar-refractivity contribution in [2.24, 2.45) is 5.41 Å². The monoisotopic (exact) mass is 739 g/mol. The zero-order valence-electron chi connectivity index (χ0n) is 31.6. The number of aliphatic hydroxyl groups excluding tert-OH is 1. The number of β-amino-alcohol motifs (C(OH)–C–C–N with tert-alkyl or cyclic N) is 1. The Morgan fingerprint density at radius 1 is 0.889 bits per heavy atom. The average Bonchev–Trinajstić information content (AvgIpc) is 3.90. The van der Waals surface area contributed by atoms with Gasteiger partial charge >= 0.3 is 0 Å². The van der Waals surface area contributed by atoms with Crippen molar-refractivity contribution in [1.82, 2.24) is 4.90 Å². The highest BCUT2D eigenvalue weighted by Crippen LogP contribution is 2.59. The predicted octanol–water partition coefficient (Wildman–Crippen LogP) is 9.57. The fourth-order valence-electron chi connectivity index (χ4n) is 10.2. The molecule has 4 aromatic carbocycles. The second kappa shape index (κ2) is 15.0. The molecule has 1 saturated heterocycles. The predicted molar refractivity (Wildman–Crippen MR) is 219 cm³/mol. The molecule has 0 radical (unpaired) electrons. The van der Waals surface area contributed by atoms with Crippen LogP contribution in [0.3, 0.4) is 0 Å². The maximum absolute atomic E-state index is 14.7. The first-order valence-corrected chi connectivity index (χ1v) is 20.7. The van der Waals surface area contributed by atoms with Crippen LogP contribution in [-0.2, 0) is 12.0 Å². The van der Waals surface area contributed by atoms with E-state index < -0.39 is 22.7 Å². The standard InChI is InChI=1S/C48H53NO4S/c1-33-13-11-26-46(2)41(39-24-22-34(29-38(50)23-21-33)30-40(39)45(51)43-31-35-14-9-10-19-42(35)54-43)25-27-47(46,52)32-49-28-12-20-44(49)48(53,36-15-5-3-6-16-36)37-17-7-4-8-18-37/h3-10,13-19,22,24,30-31,38,41,44,50,52-53H,11-12,20-21,23,25-29,32H2,1-2H3/t38-,41-,44+,46-,47+/m0/s1. The molecule has 5 aromatic rings. The second-order valence-electron chi connectivity index (χ2n) is 16.6. The van der Waals surface area contributed by atoms with Crippen LogP contribution in [0.1, 0.15) is 109 Å². The molecule has 1 saturated carbocycles. The Kier molecular flexibility index (Phi) is 10.3. The summed E-state index contributed by atoms with van der Waals surface area (Å²) in [4.78, 5) is 17.8. The molecule has 1 aromatic heterocycles. The maximum Gasteiger partial charge on any atom is 0.203 e. The van der Waals surface area contributed by atoms with Gasteiger partial charge in [-0.25, -0.2) is 0 Å².